The molecule has 0 aliphatic carbocycles. The molecule has 0 saturated heterocycles. The Morgan fingerprint density at radius 3 is 2.67 bits per heavy atom. The van der Waals surface area contributed by atoms with Gasteiger partial charge in [-0.3, -0.25) is 4.79 Å². The van der Waals surface area contributed by atoms with Crippen LogP contribution in [0.15, 0.2) is 65.3 Å². The molecule has 0 saturated carbocycles. The van der Waals surface area contributed by atoms with Gasteiger partial charge in [0, 0.05) is 24.8 Å². The number of fused-ring (bicyclic) bond motifs is 1. The number of nitrogens with zero attached hydrogens (tertiary/aromatic N) is 2. The lowest BCUT2D eigenvalue weighted by atomic mass is 10.1. The highest BCUT2D eigenvalue weighted by Gasteiger charge is 2.23. The first-order valence-corrected chi connectivity index (χ1v) is 8.55. The van der Waals surface area contributed by atoms with Crippen LogP contribution in [-0.4, -0.2) is 15.5 Å². The highest BCUT2D eigenvalue weighted by Crippen LogP contribution is 2.24. The minimum Gasteiger partial charge on any atom is -0.451 e. The smallest absolute Gasteiger partial charge is 0.287 e. The molecule has 0 fully saturated rings. The van der Waals surface area contributed by atoms with Crippen molar-refractivity contribution in [3.63, 3.8) is 0 Å². The summed E-state index contributed by atoms with van der Waals surface area (Å²) in [6.07, 6.45) is 3.45. The Bertz CT molecular complexity index is 1110. The van der Waals surface area contributed by atoms with Gasteiger partial charge in [-0.1, -0.05) is 23.8 Å². The number of rotatable bonds is 4. The van der Waals surface area contributed by atoms with Crippen molar-refractivity contribution in [1.29, 1.82) is 0 Å². The van der Waals surface area contributed by atoms with E-state index in [2.05, 4.69) is 10.3 Å². The standard InChI is InChI=1S/C21H18FN3O2/c1-13-3-8-17-15(11-13)12-18(27-17)21(26)24-19(20-23-9-10-25(20)2)14-4-6-16(22)7-5-14/h3-12,19H,1-2H3,(H,24,26)/t19-/m1/s1. The predicted molar refractivity (Wildman–Crippen MR) is 99.9 cm³/mol. The zero-order valence-corrected chi connectivity index (χ0v) is 14.9. The third kappa shape index (κ3) is 3.33. The lowest BCUT2D eigenvalue weighted by Gasteiger charge is -2.18. The maximum Gasteiger partial charge on any atom is 0.287 e. The Kier molecular flexibility index (Phi) is 4.24. The molecule has 0 unspecified atom stereocenters. The number of amides is 1. The summed E-state index contributed by atoms with van der Waals surface area (Å²) < 4.78 is 20.8. The minimum atomic E-state index is -0.534. The first-order valence-electron chi connectivity index (χ1n) is 8.55. The van der Waals surface area contributed by atoms with Crippen molar-refractivity contribution in [3.05, 3.63) is 89.5 Å². The number of carbonyl (C=O) groups is 1. The van der Waals surface area contributed by atoms with Gasteiger partial charge in [0.25, 0.3) is 5.91 Å². The molecule has 2 aromatic carbocycles. The monoisotopic (exact) mass is 363 g/mol. The molecule has 0 spiro atoms. The number of aryl methyl sites for hydroxylation is 2. The third-order valence-corrected chi connectivity index (χ3v) is 4.49. The van der Waals surface area contributed by atoms with E-state index in [0.717, 1.165) is 16.5 Å². The molecule has 2 aromatic heterocycles. The van der Waals surface area contributed by atoms with Crippen LogP contribution in [0.4, 0.5) is 4.39 Å². The van der Waals surface area contributed by atoms with Gasteiger partial charge in [0.15, 0.2) is 5.76 Å². The van der Waals surface area contributed by atoms with Crippen LogP contribution in [0.2, 0.25) is 0 Å². The van der Waals surface area contributed by atoms with E-state index in [-0.39, 0.29) is 17.5 Å². The number of benzene rings is 2. The van der Waals surface area contributed by atoms with E-state index in [4.69, 9.17) is 4.42 Å². The van der Waals surface area contributed by atoms with Crippen LogP contribution in [0.5, 0.6) is 0 Å². The first-order chi connectivity index (χ1) is 13.0. The molecule has 0 radical (unpaired) electrons. The van der Waals surface area contributed by atoms with Gasteiger partial charge < -0.3 is 14.3 Å². The van der Waals surface area contributed by atoms with E-state index in [1.54, 1.807) is 30.6 Å². The number of nitrogens with one attached hydrogen (secondary N) is 1. The zero-order chi connectivity index (χ0) is 19.0. The van der Waals surface area contributed by atoms with Crippen molar-refractivity contribution < 1.29 is 13.6 Å². The number of halogens is 1. The van der Waals surface area contributed by atoms with E-state index in [0.29, 0.717) is 11.4 Å². The van der Waals surface area contributed by atoms with Crippen molar-refractivity contribution in [2.45, 2.75) is 13.0 Å². The number of aromatic nitrogens is 2. The van der Waals surface area contributed by atoms with Crippen LogP contribution in [-0.2, 0) is 7.05 Å². The van der Waals surface area contributed by atoms with Crippen molar-refractivity contribution in [3.8, 4) is 0 Å². The second kappa shape index (κ2) is 6.72. The largest absolute Gasteiger partial charge is 0.451 e. The Morgan fingerprint density at radius 1 is 1.19 bits per heavy atom. The van der Waals surface area contributed by atoms with Crippen LogP contribution in [0.3, 0.4) is 0 Å². The summed E-state index contributed by atoms with van der Waals surface area (Å²) in [5.74, 6) is 0.163. The highest BCUT2D eigenvalue weighted by molar-refractivity contribution is 5.96. The molecule has 4 aromatic rings. The Morgan fingerprint density at radius 2 is 1.96 bits per heavy atom. The van der Waals surface area contributed by atoms with E-state index in [1.165, 1.54) is 12.1 Å². The fraction of sp³-hybridized carbons (Fsp3) is 0.143. The van der Waals surface area contributed by atoms with Crippen LogP contribution < -0.4 is 5.32 Å². The average Bonchev–Trinajstić information content (AvgIpc) is 3.26. The summed E-state index contributed by atoms with van der Waals surface area (Å²) in [5.41, 5.74) is 2.47. The van der Waals surface area contributed by atoms with Crippen molar-refractivity contribution in [2.75, 3.05) is 0 Å². The molecule has 1 N–H and O–H groups in total. The van der Waals surface area contributed by atoms with Gasteiger partial charge in [-0.2, -0.15) is 0 Å². The maximum absolute atomic E-state index is 13.3. The summed E-state index contributed by atoms with van der Waals surface area (Å²) in [6, 6.07) is 12.9. The third-order valence-electron chi connectivity index (χ3n) is 4.49. The fourth-order valence-corrected chi connectivity index (χ4v) is 3.08. The molecule has 0 bridgehead atoms. The number of hydrogen-bond acceptors (Lipinski definition) is 3. The normalized spacial score (nSPS) is 12.3. The fourth-order valence-electron chi connectivity index (χ4n) is 3.08. The Balaban J connectivity index is 1.68. The van der Waals surface area contributed by atoms with Gasteiger partial charge in [-0.05, 0) is 42.8 Å². The number of furan rings is 1. The van der Waals surface area contributed by atoms with Gasteiger partial charge in [0.1, 0.15) is 23.3 Å². The predicted octanol–water partition coefficient (Wildman–Crippen LogP) is 4.13. The summed E-state index contributed by atoms with van der Waals surface area (Å²) in [6.45, 7) is 1.98. The maximum atomic E-state index is 13.3. The molecule has 27 heavy (non-hydrogen) atoms. The van der Waals surface area contributed by atoms with Crippen LogP contribution >= 0.6 is 0 Å². The lowest BCUT2D eigenvalue weighted by molar-refractivity contribution is 0.0915. The molecule has 5 nitrogen and oxygen atoms in total. The van der Waals surface area contributed by atoms with Gasteiger partial charge in [-0.25, -0.2) is 9.37 Å². The van der Waals surface area contributed by atoms with E-state index in [1.807, 2.05) is 36.7 Å². The van der Waals surface area contributed by atoms with Gasteiger partial charge in [-0.15, -0.1) is 0 Å². The quantitative estimate of drug-likeness (QED) is 0.593. The topological polar surface area (TPSA) is 60.1 Å². The molecule has 136 valence electrons. The van der Waals surface area contributed by atoms with Crippen molar-refractivity contribution >= 4 is 16.9 Å². The molecule has 0 aliphatic rings. The van der Waals surface area contributed by atoms with Crippen LogP contribution in [0.25, 0.3) is 11.0 Å². The van der Waals surface area contributed by atoms with Crippen LogP contribution in [0.1, 0.15) is 33.5 Å². The molecule has 0 aliphatic heterocycles. The molecule has 1 atom stereocenters. The van der Waals surface area contributed by atoms with Crippen LogP contribution in [0, 0.1) is 12.7 Å². The van der Waals surface area contributed by atoms with E-state index < -0.39 is 6.04 Å². The molecule has 2 heterocycles. The van der Waals surface area contributed by atoms with E-state index in [9.17, 15) is 9.18 Å². The van der Waals surface area contributed by atoms with Crippen molar-refractivity contribution in [1.82, 2.24) is 14.9 Å². The number of imidazole rings is 1. The number of carbonyl (C=O) groups excluding carboxylic acids is 1. The van der Waals surface area contributed by atoms with E-state index >= 15 is 0 Å². The summed E-state index contributed by atoms with van der Waals surface area (Å²) >= 11 is 0. The summed E-state index contributed by atoms with van der Waals surface area (Å²) in [7, 11) is 1.84. The highest BCUT2D eigenvalue weighted by atomic mass is 19.1. The number of hydrogen-bond donors (Lipinski definition) is 1. The van der Waals surface area contributed by atoms with Crippen molar-refractivity contribution in [2.24, 2.45) is 7.05 Å². The SMILES string of the molecule is Cc1ccc2oc(C(=O)N[C@H](c3ccc(F)cc3)c3nccn3C)cc2c1. The lowest BCUT2D eigenvalue weighted by Crippen LogP contribution is -2.30. The van der Waals surface area contributed by atoms with Gasteiger partial charge >= 0.3 is 0 Å². The Hall–Kier alpha value is -3.41. The summed E-state index contributed by atoms with van der Waals surface area (Å²) in [4.78, 5) is 17.2. The zero-order valence-electron chi connectivity index (χ0n) is 14.9. The van der Waals surface area contributed by atoms with Gasteiger partial charge in [0.2, 0.25) is 0 Å². The van der Waals surface area contributed by atoms with Gasteiger partial charge in [0.05, 0.1) is 0 Å². The summed E-state index contributed by atoms with van der Waals surface area (Å²) in [5, 5.41) is 3.82. The Labute approximate surface area is 155 Å². The average molecular weight is 363 g/mol. The molecular weight excluding hydrogens is 345 g/mol. The second-order valence-corrected chi connectivity index (χ2v) is 6.51. The minimum absolute atomic E-state index is 0.219. The molecular formula is C21H18FN3O2. The molecule has 4 rings (SSSR count). The molecule has 1 amide bonds. The first kappa shape index (κ1) is 17.0. The molecule has 6 heteroatoms. The second-order valence-electron chi connectivity index (χ2n) is 6.51.